The van der Waals surface area contributed by atoms with Crippen molar-refractivity contribution >= 4 is 22.9 Å². The summed E-state index contributed by atoms with van der Waals surface area (Å²) in [6, 6.07) is 29.4. The summed E-state index contributed by atoms with van der Waals surface area (Å²) < 4.78 is 12.5. The lowest BCUT2D eigenvalue weighted by Gasteiger charge is -2.10. The predicted molar refractivity (Wildman–Crippen MR) is 146 cm³/mol. The summed E-state index contributed by atoms with van der Waals surface area (Å²) in [5.41, 5.74) is 7.26. The van der Waals surface area contributed by atoms with Crippen LogP contribution in [0.15, 0.2) is 96.1 Å². The van der Waals surface area contributed by atoms with E-state index in [4.69, 9.17) is 9.47 Å². The average molecular weight is 491 g/mol. The number of hydrazone groups is 1. The van der Waals surface area contributed by atoms with Crippen LogP contribution in [0.3, 0.4) is 0 Å². The third-order valence-corrected chi connectivity index (χ3v) is 6.06. The van der Waals surface area contributed by atoms with Crippen molar-refractivity contribution in [2.24, 2.45) is 5.10 Å². The number of hydrogen-bond donors (Lipinski definition) is 1. The van der Waals surface area contributed by atoms with Crippen molar-refractivity contribution in [2.45, 2.75) is 6.92 Å². The van der Waals surface area contributed by atoms with E-state index < -0.39 is 5.91 Å². The Bertz CT molecular complexity index is 1620. The van der Waals surface area contributed by atoms with Crippen LogP contribution >= 0.6 is 0 Å². The normalized spacial score (nSPS) is 11.1. The summed E-state index contributed by atoms with van der Waals surface area (Å²) >= 11 is 0. The number of carbonyl (C=O) groups is 1. The lowest BCUT2D eigenvalue weighted by atomic mass is 10.0. The van der Waals surface area contributed by atoms with Gasteiger partial charge in [-0.15, -0.1) is 0 Å². The Kier molecular flexibility index (Phi) is 6.68. The van der Waals surface area contributed by atoms with Crippen molar-refractivity contribution in [1.29, 1.82) is 0 Å². The molecule has 0 saturated heterocycles. The van der Waals surface area contributed by atoms with E-state index in [0.717, 1.165) is 33.3 Å². The smallest absolute Gasteiger partial charge is 0.291 e. The SMILES string of the molecule is COc1ccc(OC)c(/C=N\NC(=O)c2cc(-c3cccc4ccccc34)n(-c3cccc(C)c3)n2)c1. The summed E-state index contributed by atoms with van der Waals surface area (Å²) in [4.78, 5) is 13.1. The van der Waals surface area contributed by atoms with Crippen LogP contribution in [0.2, 0.25) is 0 Å². The van der Waals surface area contributed by atoms with E-state index in [0.29, 0.717) is 17.1 Å². The molecular formula is C30H26N4O3. The molecule has 1 amide bonds. The first kappa shape index (κ1) is 23.8. The Morgan fingerprint density at radius 3 is 2.54 bits per heavy atom. The maximum Gasteiger partial charge on any atom is 0.291 e. The second kappa shape index (κ2) is 10.4. The van der Waals surface area contributed by atoms with Crippen LogP contribution in [-0.2, 0) is 0 Å². The zero-order valence-corrected chi connectivity index (χ0v) is 20.8. The Hall–Kier alpha value is -4.91. The standard InChI is InChI=1S/C30H26N4O3/c1-20-8-6-11-23(16-20)34-28(26-13-7-10-21-9-4-5-12-25(21)26)18-27(33-34)30(35)32-31-19-22-17-24(36-2)14-15-29(22)37-3/h4-19H,1-3H3,(H,32,35)/b31-19-. The van der Waals surface area contributed by atoms with Gasteiger partial charge >= 0.3 is 0 Å². The maximum absolute atomic E-state index is 13.1. The van der Waals surface area contributed by atoms with Gasteiger partial charge in [-0.05, 0) is 59.7 Å². The molecule has 0 aliphatic heterocycles. The fraction of sp³-hybridized carbons (Fsp3) is 0.100. The van der Waals surface area contributed by atoms with Crippen molar-refractivity contribution in [3.63, 3.8) is 0 Å². The van der Waals surface area contributed by atoms with Gasteiger partial charge in [0.05, 0.1) is 31.8 Å². The van der Waals surface area contributed by atoms with Crippen LogP contribution in [0.1, 0.15) is 21.6 Å². The first-order valence-electron chi connectivity index (χ1n) is 11.8. The third-order valence-electron chi connectivity index (χ3n) is 6.06. The van der Waals surface area contributed by atoms with Gasteiger partial charge in [0.25, 0.3) is 5.91 Å². The van der Waals surface area contributed by atoms with Gasteiger partial charge in [-0.3, -0.25) is 4.79 Å². The lowest BCUT2D eigenvalue weighted by molar-refractivity contribution is 0.0949. The minimum absolute atomic E-state index is 0.249. The number of aromatic nitrogens is 2. The summed E-state index contributed by atoms with van der Waals surface area (Å²) in [7, 11) is 3.16. The van der Waals surface area contributed by atoms with Crippen molar-refractivity contribution in [3.8, 4) is 28.4 Å². The number of rotatable bonds is 7. The van der Waals surface area contributed by atoms with Crippen LogP contribution in [0.5, 0.6) is 11.5 Å². The highest BCUT2D eigenvalue weighted by Crippen LogP contribution is 2.31. The van der Waals surface area contributed by atoms with Gasteiger partial charge in [0.1, 0.15) is 11.5 Å². The number of amides is 1. The molecule has 0 fully saturated rings. The van der Waals surface area contributed by atoms with Gasteiger partial charge < -0.3 is 9.47 Å². The molecule has 7 nitrogen and oxygen atoms in total. The molecule has 0 atom stereocenters. The number of fused-ring (bicyclic) bond motifs is 1. The molecule has 7 heteroatoms. The average Bonchev–Trinajstić information content (AvgIpc) is 3.38. The van der Waals surface area contributed by atoms with Crippen LogP contribution in [0.4, 0.5) is 0 Å². The highest BCUT2D eigenvalue weighted by molar-refractivity contribution is 5.99. The number of benzene rings is 4. The zero-order valence-electron chi connectivity index (χ0n) is 20.8. The van der Waals surface area contributed by atoms with Gasteiger partial charge in [-0.25, -0.2) is 10.1 Å². The number of methoxy groups -OCH3 is 2. The number of nitrogens with one attached hydrogen (secondary N) is 1. The number of carbonyl (C=O) groups excluding carboxylic acids is 1. The quantitative estimate of drug-likeness (QED) is 0.232. The molecular weight excluding hydrogens is 464 g/mol. The third kappa shape index (κ3) is 4.92. The summed E-state index contributed by atoms with van der Waals surface area (Å²) in [6.45, 7) is 2.03. The second-order valence-corrected chi connectivity index (χ2v) is 8.50. The molecule has 0 aliphatic rings. The van der Waals surface area contributed by atoms with E-state index in [-0.39, 0.29) is 5.69 Å². The van der Waals surface area contributed by atoms with Gasteiger partial charge in [0, 0.05) is 11.1 Å². The summed E-state index contributed by atoms with van der Waals surface area (Å²) in [5.74, 6) is 0.844. The fourth-order valence-corrected chi connectivity index (χ4v) is 4.25. The Labute approximate surface area is 215 Å². The summed E-state index contributed by atoms with van der Waals surface area (Å²) in [5, 5.41) is 11.0. The van der Waals surface area contributed by atoms with E-state index in [1.54, 1.807) is 43.2 Å². The molecule has 1 heterocycles. The lowest BCUT2D eigenvalue weighted by Crippen LogP contribution is -2.18. The van der Waals surface area contributed by atoms with Gasteiger partial charge in [0.2, 0.25) is 0 Å². The van der Waals surface area contributed by atoms with Crippen molar-refractivity contribution in [3.05, 3.63) is 108 Å². The topological polar surface area (TPSA) is 77.7 Å². The number of hydrogen-bond acceptors (Lipinski definition) is 5. The van der Waals surface area contributed by atoms with Gasteiger partial charge in [-0.2, -0.15) is 10.2 Å². The monoisotopic (exact) mass is 490 g/mol. The molecule has 0 spiro atoms. The molecule has 5 aromatic rings. The van der Waals surface area contributed by atoms with E-state index in [2.05, 4.69) is 33.8 Å². The van der Waals surface area contributed by atoms with E-state index in [1.165, 1.54) is 6.21 Å². The summed E-state index contributed by atoms with van der Waals surface area (Å²) in [6.07, 6.45) is 1.52. The molecule has 0 unspecified atom stereocenters. The van der Waals surface area contributed by atoms with Gasteiger partial charge in [-0.1, -0.05) is 54.6 Å². The molecule has 5 rings (SSSR count). The number of ether oxygens (including phenoxy) is 2. The maximum atomic E-state index is 13.1. The minimum Gasteiger partial charge on any atom is -0.497 e. The van der Waals surface area contributed by atoms with E-state index in [9.17, 15) is 4.79 Å². The number of aryl methyl sites for hydroxylation is 1. The molecule has 37 heavy (non-hydrogen) atoms. The second-order valence-electron chi connectivity index (χ2n) is 8.50. The molecule has 0 radical (unpaired) electrons. The molecule has 184 valence electrons. The highest BCUT2D eigenvalue weighted by Gasteiger charge is 2.18. The molecule has 0 saturated carbocycles. The first-order valence-corrected chi connectivity index (χ1v) is 11.8. The van der Waals surface area contributed by atoms with E-state index in [1.807, 2.05) is 55.5 Å². The van der Waals surface area contributed by atoms with Crippen LogP contribution in [-0.4, -0.2) is 36.1 Å². The zero-order chi connectivity index (χ0) is 25.8. The van der Waals surface area contributed by atoms with Crippen LogP contribution < -0.4 is 14.9 Å². The molecule has 0 bridgehead atoms. The molecule has 1 aromatic heterocycles. The van der Waals surface area contributed by atoms with Crippen molar-refractivity contribution in [1.82, 2.24) is 15.2 Å². The van der Waals surface area contributed by atoms with Crippen molar-refractivity contribution in [2.75, 3.05) is 14.2 Å². The van der Waals surface area contributed by atoms with Crippen LogP contribution in [0, 0.1) is 6.92 Å². The predicted octanol–water partition coefficient (Wildman–Crippen LogP) is 5.78. The molecule has 0 aliphatic carbocycles. The van der Waals surface area contributed by atoms with E-state index >= 15 is 0 Å². The molecule has 4 aromatic carbocycles. The number of nitrogens with zero attached hydrogens (tertiary/aromatic N) is 3. The minimum atomic E-state index is -0.425. The highest BCUT2D eigenvalue weighted by atomic mass is 16.5. The first-order chi connectivity index (χ1) is 18.1. The molecule has 1 N–H and O–H groups in total. The Morgan fingerprint density at radius 1 is 0.919 bits per heavy atom. The Balaban J connectivity index is 1.52. The fourth-order valence-electron chi connectivity index (χ4n) is 4.25. The van der Waals surface area contributed by atoms with Crippen LogP contribution in [0.25, 0.3) is 27.7 Å². The van der Waals surface area contributed by atoms with Crippen molar-refractivity contribution < 1.29 is 14.3 Å². The largest absolute Gasteiger partial charge is 0.497 e. The Morgan fingerprint density at radius 2 is 1.73 bits per heavy atom. The van der Waals surface area contributed by atoms with Gasteiger partial charge in [0.15, 0.2) is 5.69 Å².